The van der Waals surface area contributed by atoms with Crippen LogP contribution < -0.4 is 9.62 Å². The first-order chi connectivity index (χ1) is 12.1. The van der Waals surface area contributed by atoms with E-state index in [1.807, 2.05) is 31.2 Å². The number of nitrogens with one attached hydrogen (secondary N) is 1. The van der Waals surface area contributed by atoms with Crippen LogP contribution in [0.1, 0.15) is 41.4 Å². The fraction of sp³-hybridized carbons (Fsp3) is 0.316. The molecule has 7 heteroatoms. The monoisotopic (exact) mass is 394 g/mol. The minimum absolute atomic E-state index is 0.208. The van der Waals surface area contributed by atoms with Crippen molar-refractivity contribution in [2.45, 2.75) is 26.3 Å². The highest BCUT2D eigenvalue weighted by Gasteiger charge is 2.18. The van der Waals surface area contributed by atoms with Gasteiger partial charge in [-0.05, 0) is 42.7 Å². The maximum atomic E-state index is 12.6. The minimum Gasteiger partial charge on any atom is -0.345 e. The molecule has 0 aliphatic carbocycles. The third kappa shape index (κ3) is 4.77. The predicted molar refractivity (Wildman–Crippen MR) is 106 cm³/mol. The smallest absolute Gasteiger partial charge is 0.253 e. The summed E-state index contributed by atoms with van der Waals surface area (Å²) in [6.45, 7) is 3.97. The van der Waals surface area contributed by atoms with Gasteiger partial charge in [0.05, 0.1) is 28.6 Å². The van der Waals surface area contributed by atoms with Crippen LogP contribution in [0, 0.1) is 0 Å². The molecule has 1 amide bonds. The van der Waals surface area contributed by atoms with E-state index in [1.165, 1.54) is 24.7 Å². The maximum absolute atomic E-state index is 12.6. The van der Waals surface area contributed by atoms with Crippen molar-refractivity contribution in [1.29, 1.82) is 0 Å². The van der Waals surface area contributed by atoms with Crippen LogP contribution in [0.15, 0.2) is 42.5 Å². The van der Waals surface area contributed by atoms with E-state index in [2.05, 4.69) is 12.2 Å². The number of rotatable bonds is 6. The molecule has 0 aliphatic heterocycles. The average molecular weight is 395 g/mol. The Hall–Kier alpha value is -2.05. The lowest BCUT2D eigenvalue weighted by Gasteiger charge is -2.19. The number of carbonyl (C=O) groups is 1. The number of nitrogens with zero attached hydrogens (tertiary/aromatic N) is 1. The molecule has 0 saturated carbocycles. The average Bonchev–Trinajstić information content (AvgIpc) is 2.60. The van der Waals surface area contributed by atoms with Crippen molar-refractivity contribution in [3.63, 3.8) is 0 Å². The van der Waals surface area contributed by atoms with Crippen LogP contribution in [0.2, 0.25) is 5.02 Å². The van der Waals surface area contributed by atoms with E-state index in [1.54, 1.807) is 6.07 Å². The summed E-state index contributed by atoms with van der Waals surface area (Å²) in [4.78, 5) is 12.6. The van der Waals surface area contributed by atoms with Gasteiger partial charge in [-0.15, -0.1) is 0 Å². The molecule has 26 heavy (non-hydrogen) atoms. The zero-order valence-corrected chi connectivity index (χ0v) is 16.9. The molecule has 0 aromatic heterocycles. The molecule has 140 valence electrons. The first-order valence-corrected chi connectivity index (χ1v) is 10.5. The van der Waals surface area contributed by atoms with Crippen molar-refractivity contribution in [3.8, 4) is 0 Å². The van der Waals surface area contributed by atoms with Crippen LogP contribution in [-0.2, 0) is 16.4 Å². The van der Waals surface area contributed by atoms with Crippen LogP contribution in [0.25, 0.3) is 0 Å². The summed E-state index contributed by atoms with van der Waals surface area (Å²) in [6.07, 6.45) is 2.06. The van der Waals surface area contributed by atoms with Crippen LogP contribution in [-0.4, -0.2) is 27.6 Å². The van der Waals surface area contributed by atoms with Gasteiger partial charge in [0.1, 0.15) is 0 Å². The van der Waals surface area contributed by atoms with Crippen LogP contribution in [0.3, 0.4) is 0 Å². The minimum atomic E-state index is -3.43. The lowest BCUT2D eigenvalue weighted by atomic mass is 10.0. The summed E-state index contributed by atoms with van der Waals surface area (Å²) in [7, 11) is -2.00. The maximum Gasteiger partial charge on any atom is 0.253 e. The number of anilines is 1. The van der Waals surface area contributed by atoms with E-state index >= 15 is 0 Å². The van der Waals surface area contributed by atoms with E-state index in [0.717, 1.165) is 22.5 Å². The summed E-state index contributed by atoms with van der Waals surface area (Å²) in [5, 5.41) is 3.17. The van der Waals surface area contributed by atoms with Gasteiger partial charge in [0.25, 0.3) is 5.91 Å². The second kappa shape index (κ2) is 8.10. The standard InChI is InChI=1S/C19H23ClN2O3S/c1-5-14-6-8-15(9-7-14)13(2)21-19(23)17-12-16(10-11-18(17)20)22(3)26(4,24)25/h6-13H,5H2,1-4H3,(H,21,23)/t13-/m1/s1. The Balaban J connectivity index is 2.22. The molecular formula is C19H23ClN2O3S. The van der Waals surface area contributed by atoms with Crippen molar-refractivity contribution < 1.29 is 13.2 Å². The Kier molecular flexibility index (Phi) is 6.31. The Morgan fingerprint density at radius 2 is 1.81 bits per heavy atom. The fourth-order valence-electron chi connectivity index (χ4n) is 2.47. The predicted octanol–water partition coefficient (Wildman–Crippen LogP) is 3.79. The molecule has 1 atom stereocenters. The van der Waals surface area contributed by atoms with Gasteiger partial charge < -0.3 is 5.32 Å². The summed E-state index contributed by atoms with van der Waals surface area (Å²) in [5.41, 5.74) is 2.82. The number of benzene rings is 2. The van der Waals surface area contributed by atoms with Gasteiger partial charge in [0, 0.05) is 7.05 Å². The number of amides is 1. The fourth-order valence-corrected chi connectivity index (χ4v) is 3.17. The summed E-state index contributed by atoms with van der Waals surface area (Å²) < 4.78 is 24.5. The second-order valence-corrected chi connectivity index (χ2v) is 8.61. The van der Waals surface area contributed by atoms with E-state index in [4.69, 9.17) is 11.6 Å². The highest BCUT2D eigenvalue weighted by Crippen LogP contribution is 2.25. The van der Waals surface area contributed by atoms with Gasteiger partial charge in [-0.2, -0.15) is 0 Å². The van der Waals surface area contributed by atoms with E-state index < -0.39 is 10.0 Å². The van der Waals surface area contributed by atoms with Gasteiger partial charge in [0.2, 0.25) is 10.0 Å². The van der Waals surface area contributed by atoms with E-state index in [0.29, 0.717) is 5.69 Å². The SMILES string of the molecule is CCc1ccc([C@@H](C)NC(=O)c2cc(N(C)S(C)(=O)=O)ccc2Cl)cc1. The molecule has 5 nitrogen and oxygen atoms in total. The Bertz CT molecular complexity index is 896. The highest BCUT2D eigenvalue weighted by molar-refractivity contribution is 7.92. The highest BCUT2D eigenvalue weighted by atomic mass is 35.5. The molecule has 0 bridgehead atoms. The number of hydrogen-bond acceptors (Lipinski definition) is 3. The number of halogens is 1. The molecule has 0 fully saturated rings. The molecule has 1 N–H and O–H groups in total. The van der Waals surface area contributed by atoms with Crippen molar-refractivity contribution >= 4 is 33.2 Å². The van der Waals surface area contributed by atoms with Crippen molar-refractivity contribution in [3.05, 3.63) is 64.2 Å². The molecular weight excluding hydrogens is 372 g/mol. The number of hydrogen-bond donors (Lipinski definition) is 1. The lowest BCUT2D eigenvalue weighted by molar-refractivity contribution is 0.0940. The van der Waals surface area contributed by atoms with Crippen molar-refractivity contribution in [2.24, 2.45) is 0 Å². The van der Waals surface area contributed by atoms with Crippen LogP contribution >= 0.6 is 11.6 Å². The topological polar surface area (TPSA) is 66.5 Å². The molecule has 2 rings (SSSR count). The van der Waals surface area contributed by atoms with Gasteiger partial charge in [-0.25, -0.2) is 8.42 Å². The van der Waals surface area contributed by atoms with Crippen LogP contribution in [0.5, 0.6) is 0 Å². The number of aryl methyl sites for hydroxylation is 1. The molecule has 0 heterocycles. The van der Waals surface area contributed by atoms with Crippen molar-refractivity contribution in [1.82, 2.24) is 5.32 Å². The molecule has 0 unspecified atom stereocenters. The van der Waals surface area contributed by atoms with E-state index in [9.17, 15) is 13.2 Å². The molecule has 0 saturated heterocycles. The third-order valence-electron chi connectivity index (χ3n) is 4.29. The Morgan fingerprint density at radius 3 is 2.35 bits per heavy atom. The summed E-state index contributed by atoms with van der Waals surface area (Å²) in [5.74, 6) is -0.356. The Labute approximate surface area is 160 Å². The molecule has 2 aromatic rings. The van der Waals surface area contributed by atoms with Crippen molar-refractivity contribution in [2.75, 3.05) is 17.6 Å². The molecule has 0 aliphatic rings. The largest absolute Gasteiger partial charge is 0.345 e. The first kappa shape index (κ1) is 20.3. The van der Waals surface area contributed by atoms with Crippen LogP contribution in [0.4, 0.5) is 5.69 Å². The summed E-state index contributed by atoms with van der Waals surface area (Å²) in [6, 6.07) is 12.4. The first-order valence-electron chi connectivity index (χ1n) is 8.26. The Morgan fingerprint density at radius 1 is 1.19 bits per heavy atom. The molecule has 2 aromatic carbocycles. The third-order valence-corrected chi connectivity index (χ3v) is 5.83. The van der Waals surface area contributed by atoms with Gasteiger partial charge in [-0.1, -0.05) is 42.8 Å². The molecule has 0 spiro atoms. The van der Waals surface area contributed by atoms with Gasteiger partial charge in [-0.3, -0.25) is 9.10 Å². The summed E-state index contributed by atoms with van der Waals surface area (Å²) >= 11 is 6.15. The lowest BCUT2D eigenvalue weighted by Crippen LogP contribution is -2.28. The quantitative estimate of drug-likeness (QED) is 0.810. The number of carbonyl (C=O) groups excluding carboxylic acids is 1. The second-order valence-electron chi connectivity index (χ2n) is 6.18. The zero-order valence-electron chi connectivity index (χ0n) is 15.3. The van der Waals surface area contributed by atoms with Gasteiger partial charge in [0.15, 0.2) is 0 Å². The number of sulfonamides is 1. The normalized spacial score (nSPS) is 12.5. The van der Waals surface area contributed by atoms with Gasteiger partial charge >= 0.3 is 0 Å². The molecule has 0 radical (unpaired) electrons. The van der Waals surface area contributed by atoms with E-state index in [-0.39, 0.29) is 22.5 Å². The zero-order chi connectivity index (χ0) is 19.5.